The standard InChI is InChI=1S/C30H46O3/c1-18(16-20-17-19(2)26(32)33-20)21-10-14-30(7)23-8-9-24-27(3,4)25(31)12-13-28(24,5)22(23)11-15-29(21,30)6/h8,18-22,24H,9-17H2,1-7H3/t18-,19?,20?,21-,22+,24+,28-,29-,30+/m1/s1. The van der Waals surface area contributed by atoms with Gasteiger partial charge >= 0.3 is 5.97 Å². The quantitative estimate of drug-likeness (QED) is 0.336. The molecule has 5 aliphatic rings. The predicted octanol–water partition coefficient (Wildman–Crippen LogP) is 7.14. The number of ketones is 1. The Labute approximate surface area is 201 Å². The van der Waals surface area contributed by atoms with E-state index in [2.05, 4.69) is 47.6 Å². The molecule has 1 aliphatic heterocycles. The monoisotopic (exact) mass is 454 g/mol. The van der Waals surface area contributed by atoms with Gasteiger partial charge in [0.1, 0.15) is 11.9 Å². The number of carbonyl (C=O) groups is 2. The summed E-state index contributed by atoms with van der Waals surface area (Å²) in [5.41, 5.74) is 2.37. The maximum Gasteiger partial charge on any atom is 0.309 e. The second-order valence-corrected chi connectivity index (χ2v) is 14.0. The van der Waals surface area contributed by atoms with Crippen molar-refractivity contribution < 1.29 is 14.3 Å². The van der Waals surface area contributed by atoms with Gasteiger partial charge in [0.2, 0.25) is 0 Å². The van der Waals surface area contributed by atoms with E-state index in [9.17, 15) is 9.59 Å². The minimum atomic E-state index is -0.195. The summed E-state index contributed by atoms with van der Waals surface area (Å²) in [5.74, 6) is 2.92. The molecule has 1 saturated heterocycles. The van der Waals surface area contributed by atoms with Crippen molar-refractivity contribution in [3.63, 3.8) is 0 Å². The van der Waals surface area contributed by atoms with E-state index in [4.69, 9.17) is 4.74 Å². The Bertz CT molecular complexity index is 885. The van der Waals surface area contributed by atoms with Crippen LogP contribution in [0.4, 0.5) is 0 Å². The highest BCUT2D eigenvalue weighted by atomic mass is 16.5. The number of esters is 1. The van der Waals surface area contributed by atoms with Crippen LogP contribution in [-0.4, -0.2) is 17.9 Å². The molecule has 184 valence electrons. The number of fused-ring (bicyclic) bond motifs is 5. The van der Waals surface area contributed by atoms with E-state index < -0.39 is 0 Å². The first-order valence-corrected chi connectivity index (χ1v) is 13.8. The van der Waals surface area contributed by atoms with Gasteiger partial charge in [0, 0.05) is 11.8 Å². The fraction of sp³-hybridized carbons (Fsp3) is 0.867. The molecule has 3 nitrogen and oxygen atoms in total. The molecule has 4 fully saturated rings. The maximum absolute atomic E-state index is 12.8. The molecule has 0 spiro atoms. The van der Waals surface area contributed by atoms with Gasteiger partial charge in [0.15, 0.2) is 0 Å². The van der Waals surface area contributed by atoms with Gasteiger partial charge in [-0.3, -0.25) is 9.59 Å². The smallest absolute Gasteiger partial charge is 0.309 e. The lowest BCUT2D eigenvalue weighted by Gasteiger charge is -2.63. The average molecular weight is 455 g/mol. The molecule has 9 atom stereocenters. The third-order valence-corrected chi connectivity index (χ3v) is 12.3. The summed E-state index contributed by atoms with van der Waals surface area (Å²) in [6, 6.07) is 0. The lowest BCUT2D eigenvalue weighted by Crippen LogP contribution is -2.57. The minimum Gasteiger partial charge on any atom is -0.462 e. The van der Waals surface area contributed by atoms with Gasteiger partial charge in [-0.25, -0.2) is 0 Å². The first-order valence-electron chi connectivity index (χ1n) is 13.8. The van der Waals surface area contributed by atoms with E-state index in [1.54, 1.807) is 5.57 Å². The molecule has 4 aliphatic carbocycles. The third kappa shape index (κ3) is 3.12. The van der Waals surface area contributed by atoms with Gasteiger partial charge in [0.25, 0.3) is 0 Å². The number of carbonyl (C=O) groups excluding carboxylic acids is 2. The number of allylic oxidation sites excluding steroid dienone is 2. The zero-order valence-corrected chi connectivity index (χ0v) is 22.1. The first-order chi connectivity index (χ1) is 15.3. The van der Waals surface area contributed by atoms with Crippen LogP contribution in [0.2, 0.25) is 0 Å². The van der Waals surface area contributed by atoms with Crippen LogP contribution in [0.25, 0.3) is 0 Å². The largest absolute Gasteiger partial charge is 0.462 e. The second kappa shape index (κ2) is 7.44. The van der Waals surface area contributed by atoms with Gasteiger partial charge in [-0.2, -0.15) is 0 Å². The van der Waals surface area contributed by atoms with E-state index in [0.717, 1.165) is 32.1 Å². The number of rotatable bonds is 3. The average Bonchev–Trinajstić information content (AvgIpc) is 3.20. The molecule has 0 aromatic carbocycles. The highest BCUT2D eigenvalue weighted by Gasteiger charge is 2.65. The third-order valence-electron chi connectivity index (χ3n) is 12.3. The van der Waals surface area contributed by atoms with Crippen LogP contribution in [-0.2, 0) is 14.3 Å². The SMILES string of the molecule is CC1CC(C[C@@H](C)[C@H]2CC[C@@]3(C)C4=CC[C@H]5C(C)(C)C(=O)CC[C@]5(C)[C@H]4CC[C@]23C)OC1=O. The Balaban J connectivity index is 1.41. The van der Waals surface area contributed by atoms with Gasteiger partial charge in [-0.1, -0.05) is 60.1 Å². The number of Topliss-reactive ketones (excluding diaryl/α,β-unsaturated/α-hetero) is 1. The first kappa shape index (κ1) is 23.6. The Morgan fingerprint density at radius 1 is 1.06 bits per heavy atom. The molecular weight excluding hydrogens is 408 g/mol. The summed E-state index contributed by atoms with van der Waals surface area (Å²) in [6.07, 6.45) is 12.7. The van der Waals surface area contributed by atoms with Crippen molar-refractivity contribution in [1.29, 1.82) is 0 Å². The maximum atomic E-state index is 12.8. The van der Waals surface area contributed by atoms with Gasteiger partial charge < -0.3 is 4.74 Å². The zero-order valence-electron chi connectivity index (χ0n) is 22.1. The Morgan fingerprint density at radius 2 is 1.79 bits per heavy atom. The van der Waals surface area contributed by atoms with Gasteiger partial charge in [0.05, 0.1) is 5.92 Å². The van der Waals surface area contributed by atoms with Crippen LogP contribution in [0.1, 0.15) is 106 Å². The number of ether oxygens (including phenoxy) is 1. The number of cyclic esters (lactones) is 1. The van der Waals surface area contributed by atoms with Crippen LogP contribution in [0.5, 0.6) is 0 Å². The summed E-state index contributed by atoms with van der Waals surface area (Å²) in [5, 5.41) is 0. The van der Waals surface area contributed by atoms with E-state index in [1.165, 1.54) is 25.7 Å². The van der Waals surface area contributed by atoms with Gasteiger partial charge in [-0.05, 0) is 91.3 Å². The van der Waals surface area contributed by atoms with E-state index in [0.29, 0.717) is 34.9 Å². The van der Waals surface area contributed by atoms with Crippen LogP contribution >= 0.6 is 0 Å². The Kier molecular flexibility index (Phi) is 5.32. The predicted molar refractivity (Wildman–Crippen MR) is 131 cm³/mol. The van der Waals surface area contributed by atoms with Crippen LogP contribution in [0, 0.1) is 51.2 Å². The van der Waals surface area contributed by atoms with Crippen molar-refractivity contribution in [2.24, 2.45) is 51.2 Å². The molecule has 1 heterocycles. The van der Waals surface area contributed by atoms with Crippen molar-refractivity contribution in [2.75, 3.05) is 0 Å². The summed E-state index contributed by atoms with van der Waals surface area (Å²) in [6.45, 7) is 16.6. The highest BCUT2D eigenvalue weighted by molar-refractivity contribution is 5.85. The number of hydrogen-bond donors (Lipinski definition) is 0. The van der Waals surface area contributed by atoms with E-state index in [1.807, 2.05) is 6.92 Å². The molecule has 0 radical (unpaired) electrons. The summed E-state index contributed by atoms with van der Waals surface area (Å²) in [7, 11) is 0. The molecule has 0 bridgehead atoms. The molecule has 2 unspecified atom stereocenters. The summed E-state index contributed by atoms with van der Waals surface area (Å²) in [4.78, 5) is 24.8. The highest BCUT2D eigenvalue weighted by Crippen LogP contribution is 2.73. The van der Waals surface area contributed by atoms with Crippen molar-refractivity contribution in [3.05, 3.63) is 11.6 Å². The van der Waals surface area contributed by atoms with Crippen LogP contribution < -0.4 is 0 Å². The second-order valence-electron chi connectivity index (χ2n) is 14.0. The summed E-state index contributed by atoms with van der Waals surface area (Å²) < 4.78 is 5.71. The Morgan fingerprint density at radius 3 is 2.45 bits per heavy atom. The Hall–Kier alpha value is -1.12. The lowest BCUT2D eigenvalue weighted by molar-refractivity contribution is -0.147. The van der Waals surface area contributed by atoms with Crippen LogP contribution in [0.3, 0.4) is 0 Å². The van der Waals surface area contributed by atoms with Crippen LogP contribution in [0.15, 0.2) is 11.6 Å². The molecular formula is C30H46O3. The topological polar surface area (TPSA) is 43.4 Å². The molecule has 33 heavy (non-hydrogen) atoms. The van der Waals surface area contributed by atoms with Crippen molar-refractivity contribution >= 4 is 11.8 Å². The molecule has 0 N–H and O–H groups in total. The summed E-state index contributed by atoms with van der Waals surface area (Å²) >= 11 is 0. The fourth-order valence-corrected chi connectivity index (χ4v) is 10.0. The van der Waals surface area contributed by atoms with Crippen molar-refractivity contribution in [2.45, 2.75) is 112 Å². The molecule has 3 heteroatoms. The minimum absolute atomic E-state index is 0.000716. The molecule has 0 aromatic rings. The van der Waals surface area contributed by atoms with Gasteiger partial charge in [-0.15, -0.1) is 0 Å². The van der Waals surface area contributed by atoms with Crippen molar-refractivity contribution in [1.82, 2.24) is 0 Å². The normalized spacial score (nSPS) is 49.5. The molecule has 5 rings (SSSR count). The van der Waals surface area contributed by atoms with Crippen molar-refractivity contribution in [3.8, 4) is 0 Å². The lowest BCUT2D eigenvalue weighted by atomic mass is 9.41. The molecule has 0 amide bonds. The fourth-order valence-electron chi connectivity index (χ4n) is 10.0. The zero-order chi connectivity index (χ0) is 24.0. The van der Waals surface area contributed by atoms with E-state index >= 15 is 0 Å². The molecule has 3 saturated carbocycles. The van der Waals surface area contributed by atoms with E-state index in [-0.39, 0.29) is 34.2 Å². The number of hydrogen-bond acceptors (Lipinski definition) is 3. The molecule has 0 aromatic heterocycles.